The third-order valence-electron chi connectivity index (χ3n) is 9.13. The Kier molecular flexibility index (Phi) is 13.1. The number of carboxylic acids is 1. The van der Waals surface area contributed by atoms with Gasteiger partial charge in [0.05, 0.1) is 31.5 Å². The van der Waals surface area contributed by atoms with Crippen molar-refractivity contribution in [2.24, 2.45) is 0 Å². The van der Waals surface area contributed by atoms with Gasteiger partial charge < -0.3 is 35.1 Å². The molecular weight excluding hydrogens is 705 g/mol. The fourth-order valence-electron chi connectivity index (χ4n) is 6.25. The number of hydrogen-bond acceptors (Lipinski definition) is 8. The molecule has 0 bridgehead atoms. The van der Waals surface area contributed by atoms with Gasteiger partial charge in [0.15, 0.2) is 6.29 Å². The molecule has 0 saturated carbocycles. The predicted molar refractivity (Wildman–Crippen MR) is 206 cm³/mol. The first-order chi connectivity index (χ1) is 26.3. The molecule has 1 saturated heterocycles. The molecule has 5 aromatic rings. The van der Waals surface area contributed by atoms with Gasteiger partial charge >= 0.3 is 18.0 Å². The van der Waals surface area contributed by atoms with Gasteiger partial charge in [-0.3, -0.25) is 0 Å². The van der Waals surface area contributed by atoms with Gasteiger partial charge in [-0.2, -0.15) is 0 Å². The Morgan fingerprint density at radius 2 is 1.50 bits per heavy atom. The van der Waals surface area contributed by atoms with Crippen LogP contribution in [0.5, 0.6) is 0 Å². The summed E-state index contributed by atoms with van der Waals surface area (Å²) in [5.74, 6) is -0.962. The number of aromatic carboxylic acids is 1. The molecule has 54 heavy (non-hydrogen) atoms. The van der Waals surface area contributed by atoms with E-state index in [4.69, 9.17) is 14.2 Å². The first kappa shape index (κ1) is 38.3. The van der Waals surface area contributed by atoms with Crippen LogP contribution in [-0.2, 0) is 38.6 Å². The van der Waals surface area contributed by atoms with Gasteiger partial charge in [0.2, 0.25) is 0 Å². The van der Waals surface area contributed by atoms with E-state index >= 15 is 0 Å². The maximum absolute atomic E-state index is 12.8. The highest BCUT2D eigenvalue weighted by atomic mass is 32.2. The number of benzene rings is 5. The van der Waals surface area contributed by atoms with Crippen molar-refractivity contribution in [2.75, 3.05) is 12.9 Å². The molecule has 1 aliphatic heterocycles. The number of aliphatic hydroxyl groups is 1. The van der Waals surface area contributed by atoms with Crippen molar-refractivity contribution in [3.63, 3.8) is 0 Å². The Balaban J connectivity index is 1.12. The van der Waals surface area contributed by atoms with Crippen LogP contribution in [0.1, 0.15) is 57.0 Å². The topological polar surface area (TPSA) is 143 Å². The molecule has 0 spiro atoms. The normalized spacial score (nSPS) is 17.3. The van der Waals surface area contributed by atoms with E-state index in [-0.39, 0.29) is 30.9 Å². The van der Waals surface area contributed by atoms with E-state index < -0.39 is 30.3 Å². The van der Waals surface area contributed by atoms with Gasteiger partial charge in [-0.15, -0.1) is 11.8 Å². The Hall–Kier alpha value is -5.46. The standard InChI is InChI=1S/C43H42N2O8S/c1-51-41(49)37(23-28-8-3-2-4-9-28)45-43(50)44-25-30-10-7-11-34(22-30)31-18-20-33(21-19-31)42-52-35(27-54-39-13-6-5-12-36(39)40(47)48)24-38(53-42)32-16-14-29(26-46)15-17-32/h2-22,35,37-38,42,46H,23-27H2,1H3,(H,47,48)(H2,44,45,50). The highest BCUT2D eigenvalue weighted by molar-refractivity contribution is 7.99. The maximum Gasteiger partial charge on any atom is 0.336 e. The molecule has 10 nitrogen and oxygen atoms in total. The number of esters is 1. The van der Waals surface area contributed by atoms with Crippen LogP contribution in [0, 0.1) is 0 Å². The molecule has 5 aromatic carbocycles. The Morgan fingerprint density at radius 3 is 2.22 bits per heavy atom. The third-order valence-corrected chi connectivity index (χ3v) is 10.3. The number of methoxy groups -OCH3 is 1. The summed E-state index contributed by atoms with van der Waals surface area (Å²) in [5.41, 5.74) is 6.56. The molecule has 2 amide bonds. The number of rotatable bonds is 14. The third kappa shape index (κ3) is 10.1. The van der Waals surface area contributed by atoms with Gasteiger partial charge in [-0.05, 0) is 51.6 Å². The van der Waals surface area contributed by atoms with E-state index in [0.29, 0.717) is 23.5 Å². The molecular formula is C43H42N2O8S. The number of carbonyl (C=O) groups excluding carboxylic acids is 2. The second-order valence-corrected chi connectivity index (χ2v) is 13.9. The smallest absolute Gasteiger partial charge is 0.336 e. The number of amides is 2. The molecule has 278 valence electrons. The largest absolute Gasteiger partial charge is 0.478 e. The van der Waals surface area contributed by atoms with Gasteiger partial charge in [0.1, 0.15) is 6.04 Å². The van der Waals surface area contributed by atoms with Crippen molar-refractivity contribution in [1.82, 2.24) is 10.6 Å². The van der Waals surface area contributed by atoms with E-state index in [1.54, 1.807) is 12.1 Å². The van der Waals surface area contributed by atoms with Gasteiger partial charge in [-0.1, -0.05) is 109 Å². The predicted octanol–water partition coefficient (Wildman–Crippen LogP) is 7.47. The zero-order valence-corrected chi connectivity index (χ0v) is 30.5. The van der Waals surface area contributed by atoms with Gasteiger partial charge in [-0.25, -0.2) is 14.4 Å². The van der Waals surface area contributed by atoms with Crippen LogP contribution in [0.2, 0.25) is 0 Å². The molecule has 11 heteroatoms. The fourth-order valence-corrected chi connectivity index (χ4v) is 7.31. The number of hydrogen-bond donors (Lipinski definition) is 4. The average molecular weight is 747 g/mol. The number of ether oxygens (including phenoxy) is 3. The van der Waals surface area contributed by atoms with E-state index in [9.17, 15) is 24.6 Å². The summed E-state index contributed by atoms with van der Waals surface area (Å²) in [6.07, 6.45) is -0.299. The summed E-state index contributed by atoms with van der Waals surface area (Å²) in [6.45, 7) is 0.200. The van der Waals surface area contributed by atoms with E-state index in [2.05, 4.69) is 10.6 Å². The molecule has 1 heterocycles. The monoisotopic (exact) mass is 746 g/mol. The molecule has 4 atom stereocenters. The Morgan fingerprint density at radius 1 is 0.796 bits per heavy atom. The summed E-state index contributed by atoms with van der Waals surface area (Å²) in [4.78, 5) is 37.7. The highest BCUT2D eigenvalue weighted by Gasteiger charge is 2.32. The van der Waals surface area contributed by atoms with Crippen molar-refractivity contribution in [1.29, 1.82) is 0 Å². The average Bonchev–Trinajstić information content (AvgIpc) is 3.22. The molecule has 1 aliphatic rings. The lowest BCUT2D eigenvalue weighted by atomic mass is 9.99. The van der Waals surface area contributed by atoms with Crippen LogP contribution >= 0.6 is 11.8 Å². The minimum Gasteiger partial charge on any atom is -0.478 e. The van der Waals surface area contributed by atoms with Crippen molar-refractivity contribution in [2.45, 2.75) is 55.4 Å². The van der Waals surface area contributed by atoms with E-state index in [1.165, 1.54) is 18.9 Å². The maximum atomic E-state index is 12.8. The van der Waals surface area contributed by atoms with Crippen molar-refractivity contribution in [3.05, 3.63) is 161 Å². The summed E-state index contributed by atoms with van der Waals surface area (Å²) >= 11 is 1.45. The molecule has 4 unspecified atom stereocenters. The SMILES string of the molecule is COC(=O)C(Cc1ccccc1)NC(=O)NCc1cccc(-c2ccc(C3OC(CSc4ccccc4C(=O)O)CC(c4ccc(CO)cc4)O3)cc2)c1. The fraction of sp³-hybridized carbons (Fsp3) is 0.233. The number of aliphatic hydroxyl groups excluding tert-OH is 1. The lowest BCUT2D eigenvalue weighted by Gasteiger charge is -2.36. The quantitative estimate of drug-likeness (QED) is 0.0673. The summed E-state index contributed by atoms with van der Waals surface area (Å²) in [6, 6.07) is 38.5. The molecule has 6 rings (SSSR count). The number of thioether (sulfide) groups is 1. The second kappa shape index (κ2) is 18.5. The number of carbonyl (C=O) groups is 3. The van der Waals surface area contributed by atoms with Crippen LogP contribution in [0.4, 0.5) is 4.79 Å². The van der Waals surface area contributed by atoms with Crippen molar-refractivity contribution in [3.8, 4) is 11.1 Å². The molecule has 0 radical (unpaired) electrons. The van der Waals surface area contributed by atoms with Crippen LogP contribution in [0.15, 0.2) is 132 Å². The van der Waals surface area contributed by atoms with Gasteiger partial charge in [0, 0.05) is 35.6 Å². The van der Waals surface area contributed by atoms with E-state index in [0.717, 1.165) is 38.9 Å². The first-order valence-electron chi connectivity index (χ1n) is 17.6. The van der Waals surface area contributed by atoms with Crippen LogP contribution in [0.25, 0.3) is 11.1 Å². The number of nitrogens with one attached hydrogen (secondary N) is 2. The van der Waals surface area contributed by atoms with Gasteiger partial charge in [0.25, 0.3) is 0 Å². The molecule has 0 aliphatic carbocycles. The molecule has 4 N–H and O–H groups in total. The lowest BCUT2D eigenvalue weighted by molar-refractivity contribution is -0.245. The number of carboxylic acid groups (broad SMARTS) is 1. The molecule has 1 fully saturated rings. The van der Waals surface area contributed by atoms with Crippen LogP contribution in [0.3, 0.4) is 0 Å². The molecule has 0 aromatic heterocycles. The number of urea groups is 1. The summed E-state index contributed by atoms with van der Waals surface area (Å²) < 4.78 is 17.9. The van der Waals surface area contributed by atoms with Crippen LogP contribution in [-0.4, -0.2) is 53.2 Å². The summed E-state index contributed by atoms with van der Waals surface area (Å²) in [7, 11) is 1.30. The second-order valence-electron chi connectivity index (χ2n) is 12.9. The highest BCUT2D eigenvalue weighted by Crippen LogP contribution is 2.40. The first-order valence-corrected chi connectivity index (χ1v) is 18.6. The summed E-state index contributed by atoms with van der Waals surface area (Å²) in [5, 5.41) is 24.8. The van der Waals surface area contributed by atoms with E-state index in [1.807, 2.05) is 115 Å². The zero-order valence-electron chi connectivity index (χ0n) is 29.7. The van der Waals surface area contributed by atoms with Crippen molar-refractivity contribution < 1.29 is 38.8 Å². The van der Waals surface area contributed by atoms with Crippen molar-refractivity contribution >= 4 is 29.7 Å². The Bertz CT molecular complexity index is 2020. The zero-order chi connectivity index (χ0) is 37.9. The minimum atomic E-state index is -0.971. The Labute approximate surface area is 318 Å². The minimum absolute atomic E-state index is 0.0481. The lowest BCUT2D eigenvalue weighted by Crippen LogP contribution is -2.47. The van der Waals surface area contributed by atoms with Crippen LogP contribution < -0.4 is 10.6 Å².